The topological polar surface area (TPSA) is 98.7 Å². The summed E-state index contributed by atoms with van der Waals surface area (Å²) in [4.78, 5) is 40.1. The molecular formula is C28H30ClN3O5S. The Balaban J connectivity index is 1.65. The third-order valence-electron chi connectivity index (χ3n) is 5.82. The summed E-state index contributed by atoms with van der Waals surface area (Å²) in [5, 5.41) is 6.35. The molecule has 0 saturated carbocycles. The smallest absolute Gasteiger partial charge is 0.408 e. The van der Waals surface area contributed by atoms with Gasteiger partial charge >= 0.3 is 6.09 Å². The molecule has 4 rings (SSSR count). The van der Waals surface area contributed by atoms with E-state index in [1.165, 1.54) is 16.3 Å². The quantitative estimate of drug-likeness (QED) is 0.418. The van der Waals surface area contributed by atoms with Gasteiger partial charge in [0.2, 0.25) is 0 Å². The molecule has 1 aromatic heterocycles. The molecule has 200 valence electrons. The normalized spacial score (nSPS) is 14.5. The number of hydrogen-bond acceptors (Lipinski definition) is 6. The van der Waals surface area contributed by atoms with Gasteiger partial charge in [-0.1, -0.05) is 35.9 Å². The van der Waals surface area contributed by atoms with Gasteiger partial charge in [0, 0.05) is 28.4 Å². The monoisotopic (exact) mass is 555 g/mol. The van der Waals surface area contributed by atoms with Crippen LogP contribution in [0, 0.1) is 0 Å². The lowest BCUT2D eigenvalue weighted by atomic mass is 10.1. The van der Waals surface area contributed by atoms with Crippen molar-refractivity contribution in [3.63, 3.8) is 0 Å². The van der Waals surface area contributed by atoms with E-state index < -0.39 is 17.7 Å². The zero-order valence-corrected chi connectivity index (χ0v) is 23.2. The van der Waals surface area contributed by atoms with Crippen LogP contribution in [0.5, 0.6) is 5.75 Å². The van der Waals surface area contributed by atoms with Gasteiger partial charge in [0.1, 0.15) is 11.4 Å². The lowest BCUT2D eigenvalue weighted by molar-refractivity contribution is 0.0508. The summed E-state index contributed by atoms with van der Waals surface area (Å²) >= 11 is 7.39. The van der Waals surface area contributed by atoms with Crippen LogP contribution in [-0.2, 0) is 17.8 Å². The van der Waals surface area contributed by atoms with E-state index in [9.17, 15) is 14.4 Å². The summed E-state index contributed by atoms with van der Waals surface area (Å²) in [6.45, 7) is 5.86. The molecule has 1 aliphatic rings. The first kappa shape index (κ1) is 27.6. The van der Waals surface area contributed by atoms with Gasteiger partial charge in [0.15, 0.2) is 0 Å². The minimum absolute atomic E-state index is 0.242. The number of pyridine rings is 1. The van der Waals surface area contributed by atoms with Crippen molar-refractivity contribution in [1.29, 1.82) is 0 Å². The van der Waals surface area contributed by atoms with E-state index in [4.69, 9.17) is 21.1 Å². The zero-order chi connectivity index (χ0) is 27.4. The maximum Gasteiger partial charge on any atom is 0.408 e. The lowest BCUT2D eigenvalue weighted by Gasteiger charge is -2.22. The first-order valence-corrected chi connectivity index (χ1v) is 13.5. The standard InChI is InChI=1S/C28H30ClN3O5S/c1-28(2,3)37-27(35)31-22-16-38-24-21(25(33)30-13-17-7-11-20(36-4)12-8-17)15-32(26(34)23(22)24)14-18-5-9-19(29)10-6-18/h5-12,15,22H,13-14,16H2,1-4H3,(H,30,33)(H,31,35)/t22-/m0/s1. The lowest BCUT2D eigenvalue weighted by Crippen LogP contribution is -2.38. The summed E-state index contributed by atoms with van der Waals surface area (Å²) in [7, 11) is 1.60. The van der Waals surface area contributed by atoms with Crippen LogP contribution in [-0.4, -0.2) is 35.0 Å². The third kappa shape index (κ3) is 6.71. The Morgan fingerprint density at radius 2 is 1.74 bits per heavy atom. The second kappa shape index (κ2) is 11.5. The molecule has 2 amide bonds. The molecule has 0 fully saturated rings. The van der Waals surface area contributed by atoms with Crippen molar-refractivity contribution in [2.45, 2.75) is 50.4 Å². The molecule has 10 heteroatoms. The zero-order valence-electron chi connectivity index (χ0n) is 21.7. The number of fused-ring (bicyclic) bond motifs is 1. The summed E-state index contributed by atoms with van der Waals surface area (Å²) in [5.41, 5.74) is 1.56. The van der Waals surface area contributed by atoms with E-state index in [0.717, 1.165) is 16.9 Å². The van der Waals surface area contributed by atoms with Gasteiger partial charge in [-0.25, -0.2) is 4.79 Å². The molecule has 0 bridgehead atoms. The van der Waals surface area contributed by atoms with E-state index in [1.54, 1.807) is 46.2 Å². The number of alkyl carbamates (subject to hydrolysis) is 1. The molecule has 1 atom stereocenters. The Morgan fingerprint density at radius 1 is 1.08 bits per heavy atom. The highest BCUT2D eigenvalue weighted by molar-refractivity contribution is 7.99. The molecule has 2 N–H and O–H groups in total. The number of benzene rings is 2. The van der Waals surface area contributed by atoms with E-state index in [1.807, 2.05) is 36.4 Å². The van der Waals surface area contributed by atoms with E-state index in [0.29, 0.717) is 33.3 Å². The summed E-state index contributed by atoms with van der Waals surface area (Å²) < 4.78 is 12.1. The first-order chi connectivity index (χ1) is 18.0. The average molecular weight is 556 g/mol. The van der Waals surface area contributed by atoms with Crippen LogP contribution in [0.25, 0.3) is 0 Å². The largest absolute Gasteiger partial charge is 0.497 e. The molecular weight excluding hydrogens is 526 g/mol. The number of nitrogens with one attached hydrogen (secondary N) is 2. The van der Waals surface area contributed by atoms with Crippen molar-refractivity contribution in [2.75, 3.05) is 12.9 Å². The molecule has 0 spiro atoms. The summed E-state index contributed by atoms with van der Waals surface area (Å²) in [6.07, 6.45) is 0.969. The molecule has 0 radical (unpaired) electrons. The highest BCUT2D eigenvalue weighted by Gasteiger charge is 2.34. The van der Waals surface area contributed by atoms with Gasteiger partial charge in [-0.2, -0.15) is 0 Å². The highest BCUT2D eigenvalue weighted by atomic mass is 35.5. The van der Waals surface area contributed by atoms with Crippen LogP contribution in [0.2, 0.25) is 5.02 Å². The predicted octanol–water partition coefficient (Wildman–Crippen LogP) is 5.16. The predicted molar refractivity (Wildman–Crippen MR) is 148 cm³/mol. The second-order valence-electron chi connectivity index (χ2n) is 9.89. The highest BCUT2D eigenvalue weighted by Crippen LogP contribution is 2.38. The molecule has 3 aromatic rings. The van der Waals surface area contributed by atoms with Gasteiger partial charge in [0.05, 0.1) is 30.8 Å². The number of hydrogen-bond donors (Lipinski definition) is 2. The number of nitrogens with zero attached hydrogens (tertiary/aromatic N) is 1. The average Bonchev–Trinajstić information content (AvgIpc) is 3.28. The van der Waals surface area contributed by atoms with E-state index >= 15 is 0 Å². The Hall–Kier alpha value is -3.43. The van der Waals surface area contributed by atoms with Crippen LogP contribution < -0.4 is 20.9 Å². The molecule has 0 aliphatic carbocycles. The van der Waals surface area contributed by atoms with Crippen LogP contribution >= 0.6 is 23.4 Å². The Morgan fingerprint density at radius 3 is 2.37 bits per heavy atom. The maximum atomic E-state index is 13.6. The fourth-order valence-electron chi connectivity index (χ4n) is 4.03. The van der Waals surface area contributed by atoms with Crippen molar-refractivity contribution in [3.05, 3.63) is 92.4 Å². The molecule has 1 aliphatic heterocycles. The Kier molecular flexibility index (Phi) is 8.38. The summed E-state index contributed by atoms with van der Waals surface area (Å²) in [6, 6.07) is 14.0. The second-order valence-corrected chi connectivity index (χ2v) is 11.4. The van der Waals surface area contributed by atoms with Crippen molar-refractivity contribution in [3.8, 4) is 5.75 Å². The van der Waals surface area contributed by atoms with Crippen LogP contribution in [0.1, 0.15) is 53.9 Å². The number of amides is 2. The van der Waals surface area contributed by atoms with Crippen LogP contribution in [0.4, 0.5) is 4.79 Å². The first-order valence-electron chi connectivity index (χ1n) is 12.1. The van der Waals surface area contributed by atoms with Crippen molar-refractivity contribution < 1.29 is 19.1 Å². The van der Waals surface area contributed by atoms with Crippen molar-refractivity contribution >= 4 is 35.4 Å². The van der Waals surface area contributed by atoms with Gasteiger partial charge in [-0.15, -0.1) is 11.8 Å². The fourth-order valence-corrected chi connectivity index (χ4v) is 5.43. The van der Waals surface area contributed by atoms with Gasteiger partial charge in [-0.05, 0) is 56.2 Å². The van der Waals surface area contributed by atoms with Gasteiger partial charge < -0.3 is 24.7 Å². The molecule has 2 heterocycles. The summed E-state index contributed by atoms with van der Waals surface area (Å²) in [5.74, 6) is 0.826. The molecule has 0 saturated heterocycles. The third-order valence-corrected chi connectivity index (χ3v) is 7.30. The van der Waals surface area contributed by atoms with Crippen LogP contribution in [0.15, 0.2) is 64.4 Å². The molecule has 2 aromatic carbocycles. The Bertz CT molecular complexity index is 1380. The number of methoxy groups -OCH3 is 1. The number of aromatic nitrogens is 1. The number of ether oxygens (including phenoxy) is 2. The molecule has 0 unspecified atom stereocenters. The Labute approximate surface area is 230 Å². The number of carbonyl (C=O) groups is 2. The number of rotatable bonds is 7. The SMILES string of the molecule is COc1ccc(CNC(=O)c2cn(Cc3ccc(Cl)cc3)c(=O)c3c2SC[C@@H]3NC(=O)OC(C)(C)C)cc1. The van der Waals surface area contributed by atoms with E-state index in [-0.39, 0.29) is 18.0 Å². The van der Waals surface area contributed by atoms with Crippen LogP contribution in [0.3, 0.4) is 0 Å². The minimum atomic E-state index is -0.684. The van der Waals surface area contributed by atoms with Gasteiger partial charge in [-0.3, -0.25) is 9.59 Å². The van der Waals surface area contributed by atoms with E-state index in [2.05, 4.69) is 10.6 Å². The number of carbonyl (C=O) groups excluding carboxylic acids is 2. The number of halogens is 1. The number of thioether (sulfide) groups is 1. The molecule has 38 heavy (non-hydrogen) atoms. The minimum Gasteiger partial charge on any atom is -0.497 e. The van der Waals surface area contributed by atoms with Gasteiger partial charge in [0.25, 0.3) is 11.5 Å². The fraction of sp³-hybridized carbons (Fsp3) is 0.321. The van der Waals surface area contributed by atoms with Crippen molar-refractivity contribution in [1.82, 2.24) is 15.2 Å². The molecule has 8 nitrogen and oxygen atoms in total. The van der Waals surface area contributed by atoms with Crippen molar-refractivity contribution in [2.24, 2.45) is 0 Å². The maximum absolute atomic E-state index is 13.6.